The summed E-state index contributed by atoms with van der Waals surface area (Å²) in [4.78, 5) is 8.47. The predicted molar refractivity (Wildman–Crippen MR) is 62.2 cm³/mol. The molecule has 2 heterocycles. The van der Waals surface area contributed by atoms with Crippen LogP contribution in [0.15, 0.2) is 18.6 Å². The summed E-state index contributed by atoms with van der Waals surface area (Å²) in [6, 6.07) is -0.0822. The first-order valence-corrected chi connectivity index (χ1v) is 5.25. The number of nitrogens with two attached hydrogens (primary N) is 1. The number of rotatable bonds is 2. The highest BCUT2D eigenvalue weighted by Gasteiger charge is 2.16. The molecule has 1 atom stereocenters. The van der Waals surface area contributed by atoms with Gasteiger partial charge in [-0.15, -0.1) is 0 Å². The lowest BCUT2D eigenvalue weighted by Crippen LogP contribution is -2.14. The zero-order chi connectivity index (χ0) is 11.7. The number of hydrogen-bond donors (Lipinski definition) is 1. The van der Waals surface area contributed by atoms with Gasteiger partial charge in [-0.1, -0.05) is 11.6 Å². The number of aromatic nitrogens is 4. The Hall–Kier alpha value is -1.62. The van der Waals surface area contributed by atoms with Crippen LogP contribution in [-0.2, 0) is 0 Å². The minimum atomic E-state index is -0.0822. The molecule has 0 aromatic carbocycles. The van der Waals surface area contributed by atoms with E-state index in [0.717, 1.165) is 11.4 Å². The third kappa shape index (κ3) is 1.74. The van der Waals surface area contributed by atoms with Crippen LogP contribution in [0.4, 0.5) is 5.82 Å². The normalized spacial score (nSPS) is 12.7. The summed E-state index contributed by atoms with van der Waals surface area (Å²) in [6.45, 7) is 3.86. The van der Waals surface area contributed by atoms with Gasteiger partial charge in [0.25, 0.3) is 0 Å². The van der Waals surface area contributed by atoms with Gasteiger partial charge in [-0.25, -0.2) is 4.68 Å². The second-order valence-corrected chi connectivity index (χ2v) is 3.93. The van der Waals surface area contributed by atoms with Crippen LogP contribution in [0.2, 0.25) is 5.02 Å². The van der Waals surface area contributed by atoms with Crippen molar-refractivity contribution < 1.29 is 0 Å². The van der Waals surface area contributed by atoms with E-state index in [2.05, 4.69) is 15.1 Å². The summed E-state index contributed by atoms with van der Waals surface area (Å²) in [7, 11) is 0. The van der Waals surface area contributed by atoms with E-state index in [4.69, 9.17) is 17.3 Å². The van der Waals surface area contributed by atoms with Crippen molar-refractivity contribution in [3.63, 3.8) is 0 Å². The number of nitrogen functional groups attached to an aromatic ring is 1. The standard InChI is InChI=1S/C10H12ClN5/c1-6-9(14-4-3-13-6)7(2)16-10(12)8(11)5-15-16/h3-5,7H,12H2,1-2H3. The van der Waals surface area contributed by atoms with Crippen molar-refractivity contribution >= 4 is 17.4 Å². The van der Waals surface area contributed by atoms with Gasteiger partial charge in [0.1, 0.15) is 10.8 Å². The Morgan fingerprint density at radius 3 is 2.62 bits per heavy atom. The van der Waals surface area contributed by atoms with Crippen LogP contribution >= 0.6 is 11.6 Å². The molecule has 2 aromatic heterocycles. The van der Waals surface area contributed by atoms with E-state index < -0.39 is 0 Å². The summed E-state index contributed by atoms with van der Waals surface area (Å²) < 4.78 is 1.64. The topological polar surface area (TPSA) is 69.6 Å². The third-order valence-electron chi connectivity index (χ3n) is 2.47. The molecule has 0 amide bonds. The molecule has 2 aromatic rings. The fourth-order valence-electron chi connectivity index (χ4n) is 1.60. The molecule has 0 aliphatic heterocycles. The van der Waals surface area contributed by atoms with Gasteiger partial charge in [-0.3, -0.25) is 9.97 Å². The predicted octanol–water partition coefficient (Wildman–Crippen LogP) is 1.83. The first-order valence-electron chi connectivity index (χ1n) is 4.87. The lowest BCUT2D eigenvalue weighted by atomic mass is 10.2. The highest BCUT2D eigenvalue weighted by atomic mass is 35.5. The van der Waals surface area contributed by atoms with Crippen LogP contribution in [0.5, 0.6) is 0 Å². The van der Waals surface area contributed by atoms with Gasteiger partial charge in [-0.05, 0) is 13.8 Å². The smallest absolute Gasteiger partial charge is 0.141 e. The van der Waals surface area contributed by atoms with Gasteiger partial charge < -0.3 is 5.73 Å². The molecule has 0 aliphatic carbocycles. The van der Waals surface area contributed by atoms with Gasteiger partial charge in [0.15, 0.2) is 0 Å². The fraction of sp³-hybridized carbons (Fsp3) is 0.300. The fourth-order valence-corrected chi connectivity index (χ4v) is 1.73. The molecule has 84 valence electrons. The Kier molecular flexibility index (Phi) is 2.78. The van der Waals surface area contributed by atoms with E-state index >= 15 is 0 Å². The molecule has 16 heavy (non-hydrogen) atoms. The minimum Gasteiger partial charge on any atom is -0.383 e. The Morgan fingerprint density at radius 2 is 2.06 bits per heavy atom. The molecule has 1 unspecified atom stereocenters. The first-order chi connectivity index (χ1) is 7.61. The number of nitrogens with zero attached hydrogens (tertiary/aromatic N) is 4. The Balaban J connectivity index is 2.43. The molecular formula is C10H12ClN5. The molecule has 0 saturated carbocycles. The van der Waals surface area contributed by atoms with E-state index in [0.29, 0.717) is 10.8 Å². The maximum absolute atomic E-state index is 5.86. The molecule has 2 rings (SSSR count). The molecule has 5 nitrogen and oxygen atoms in total. The molecule has 0 bridgehead atoms. The van der Waals surface area contributed by atoms with E-state index in [1.54, 1.807) is 17.1 Å². The lowest BCUT2D eigenvalue weighted by molar-refractivity contribution is 0.553. The van der Waals surface area contributed by atoms with Crippen LogP contribution in [0.1, 0.15) is 24.4 Å². The van der Waals surface area contributed by atoms with E-state index in [-0.39, 0.29) is 6.04 Å². The summed E-state index contributed by atoms with van der Waals surface area (Å²) in [5.74, 6) is 0.444. The van der Waals surface area contributed by atoms with Crippen molar-refractivity contribution in [2.45, 2.75) is 19.9 Å². The largest absolute Gasteiger partial charge is 0.383 e. The quantitative estimate of drug-likeness (QED) is 0.865. The second kappa shape index (κ2) is 4.09. The molecule has 0 radical (unpaired) electrons. The van der Waals surface area contributed by atoms with Gasteiger partial charge in [0, 0.05) is 12.4 Å². The second-order valence-electron chi connectivity index (χ2n) is 3.53. The zero-order valence-corrected chi connectivity index (χ0v) is 9.81. The van der Waals surface area contributed by atoms with Gasteiger partial charge in [0.05, 0.1) is 23.6 Å². The monoisotopic (exact) mass is 237 g/mol. The maximum Gasteiger partial charge on any atom is 0.141 e. The van der Waals surface area contributed by atoms with Gasteiger partial charge >= 0.3 is 0 Å². The molecular weight excluding hydrogens is 226 g/mol. The lowest BCUT2D eigenvalue weighted by Gasteiger charge is -2.14. The Labute approximate surface area is 98.3 Å². The van der Waals surface area contributed by atoms with Crippen molar-refractivity contribution in [2.24, 2.45) is 0 Å². The average Bonchev–Trinajstić information content (AvgIpc) is 2.60. The molecule has 0 fully saturated rings. The highest BCUT2D eigenvalue weighted by Crippen LogP contribution is 2.24. The summed E-state index contributed by atoms with van der Waals surface area (Å²) >= 11 is 5.86. The summed E-state index contributed by atoms with van der Waals surface area (Å²) in [6.07, 6.45) is 4.84. The Morgan fingerprint density at radius 1 is 1.38 bits per heavy atom. The Bertz CT molecular complexity index is 508. The summed E-state index contributed by atoms with van der Waals surface area (Å²) in [5.41, 5.74) is 7.51. The number of hydrogen-bond acceptors (Lipinski definition) is 4. The molecule has 0 saturated heterocycles. The highest BCUT2D eigenvalue weighted by molar-refractivity contribution is 6.32. The van der Waals surface area contributed by atoms with Crippen LogP contribution < -0.4 is 5.73 Å². The van der Waals surface area contributed by atoms with Crippen molar-refractivity contribution in [3.05, 3.63) is 35.0 Å². The van der Waals surface area contributed by atoms with Crippen LogP contribution in [-0.4, -0.2) is 19.7 Å². The van der Waals surface area contributed by atoms with Crippen molar-refractivity contribution in [2.75, 3.05) is 5.73 Å². The average molecular weight is 238 g/mol. The van der Waals surface area contributed by atoms with E-state index in [9.17, 15) is 0 Å². The number of halogens is 1. The zero-order valence-electron chi connectivity index (χ0n) is 9.05. The van der Waals surface area contributed by atoms with Crippen LogP contribution in [0, 0.1) is 6.92 Å². The maximum atomic E-state index is 5.86. The number of anilines is 1. The molecule has 0 aliphatic rings. The first kappa shape index (κ1) is 10.9. The molecule has 6 heteroatoms. The van der Waals surface area contributed by atoms with Crippen molar-refractivity contribution in [1.82, 2.24) is 19.7 Å². The number of aryl methyl sites for hydroxylation is 1. The molecule has 0 spiro atoms. The third-order valence-corrected chi connectivity index (χ3v) is 2.76. The minimum absolute atomic E-state index is 0.0822. The van der Waals surface area contributed by atoms with Gasteiger partial charge in [0.2, 0.25) is 0 Å². The molecule has 2 N–H and O–H groups in total. The van der Waals surface area contributed by atoms with Crippen LogP contribution in [0.3, 0.4) is 0 Å². The van der Waals surface area contributed by atoms with E-state index in [1.807, 2.05) is 13.8 Å². The van der Waals surface area contributed by atoms with Crippen LogP contribution in [0.25, 0.3) is 0 Å². The SMILES string of the molecule is Cc1nccnc1C(C)n1ncc(Cl)c1N. The van der Waals surface area contributed by atoms with Crippen molar-refractivity contribution in [3.8, 4) is 0 Å². The van der Waals surface area contributed by atoms with E-state index in [1.165, 1.54) is 6.20 Å². The summed E-state index contributed by atoms with van der Waals surface area (Å²) in [5, 5.41) is 4.58. The van der Waals surface area contributed by atoms with Gasteiger partial charge in [-0.2, -0.15) is 5.10 Å². The van der Waals surface area contributed by atoms with Crippen molar-refractivity contribution in [1.29, 1.82) is 0 Å².